The number of carbonyl (C=O) groups is 3. The Bertz CT molecular complexity index is 212. The first kappa shape index (κ1) is 6.53. The SMILES string of the molecule is NC(=O)C1NC(=O)[N]C1=O. The van der Waals surface area contributed by atoms with Crippen molar-refractivity contribution in [3.8, 4) is 0 Å². The van der Waals surface area contributed by atoms with E-state index in [0.717, 1.165) is 0 Å². The highest BCUT2D eigenvalue weighted by Crippen LogP contribution is 1.92. The summed E-state index contributed by atoms with van der Waals surface area (Å²) in [5, 5.41) is 4.88. The van der Waals surface area contributed by atoms with Gasteiger partial charge in [-0.3, -0.25) is 9.59 Å². The van der Waals surface area contributed by atoms with Gasteiger partial charge in [-0.2, -0.15) is 5.32 Å². The van der Waals surface area contributed by atoms with Crippen molar-refractivity contribution in [2.24, 2.45) is 5.73 Å². The molecule has 1 aliphatic rings. The Kier molecular flexibility index (Phi) is 1.29. The maximum absolute atomic E-state index is 10.5. The van der Waals surface area contributed by atoms with E-state index in [9.17, 15) is 14.4 Å². The molecule has 0 aromatic heterocycles. The third kappa shape index (κ3) is 0.903. The Labute approximate surface area is 55.8 Å². The van der Waals surface area contributed by atoms with Crippen molar-refractivity contribution < 1.29 is 14.4 Å². The van der Waals surface area contributed by atoms with Crippen molar-refractivity contribution in [3.05, 3.63) is 0 Å². The first-order chi connectivity index (χ1) is 4.61. The van der Waals surface area contributed by atoms with Crippen molar-refractivity contribution in [2.75, 3.05) is 0 Å². The molecule has 1 heterocycles. The van der Waals surface area contributed by atoms with Crippen molar-refractivity contribution >= 4 is 17.8 Å². The number of primary amides is 1. The minimum Gasteiger partial charge on any atom is -0.367 e. The average molecular weight is 142 g/mol. The van der Waals surface area contributed by atoms with Crippen LogP contribution in [-0.4, -0.2) is 23.9 Å². The van der Waals surface area contributed by atoms with Crippen LogP contribution in [0.2, 0.25) is 0 Å². The zero-order valence-electron chi connectivity index (χ0n) is 4.83. The molecule has 53 valence electrons. The number of nitrogens with zero attached hydrogens (tertiary/aromatic N) is 1. The number of hydrogen-bond acceptors (Lipinski definition) is 3. The summed E-state index contributed by atoms with van der Waals surface area (Å²) in [5.41, 5.74) is 4.72. The van der Waals surface area contributed by atoms with Crippen LogP contribution < -0.4 is 16.4 Å². The van der Waals surface area contributed by atoms with Crippen LogP contribution in [0, 0.1) is 0 Å². The maximum atomic E-state index is 10.5. The lowest BCUT2D eigenvalue weighted by atomic mass is 10.3. The van der Waals surface area contributed by atoms with Crippen LogP contribution >= 0.6 is 0 Å². The van der Waals surface area contributed by atoms with Gasteiger partial charge in [0, 0.05) is 0 Å². The molecule has 1 rings (SSSR count). The predicted molar refractivity (Wildman–Crippen MR) is 28.7 cm³/mol. The number of nitrogens with two attached hydrogens (primary N) is 1. The van der Waals surface area contributed by atoms with E-state index in [0.29, 0.717) is 0 Å². The zero-order valence-corrected chi connectivity index (χ0v) is 4.83. The molecule has 1 atom stereocenters. The van der Waals surface area contributed by atoms with Crippen molar-refractivity contribution in [2.45, 2.75) is 6.04 Å². The molecular formula is C4H4N3O3. The molecule has 10 heavy (non-hydrogen) atoms. The van der Waals surface area contributed by atoms with Gasteiger partial charge in [0.1, 0.15) is 0 Å². The topological polar surface area (TPSA) is 103 Å². The van der Waals surface area contributed by atoms with Crippen molar-refractivity contribution in [1.82, 2.24) is 10.6 Å². The lowest BCUT2D eigenvalue weighted by Gasteiger charge is -1.97. The van der Waals surface area contributed by atoms with Crippen molar-refractivity contribution in [3.63, 3.8) is 0 Å². The predicted octanol–water partition coefficient (Wildman–Crippen LogP) is -2.31. The van der Waals surface area contributed by atoms with Crippen LogP contribution in [0.4, 0.5) is 4.79 Å². The lowest BCUT2D eigenvalue weighted by molar-refractivity contribution is -0.128. The van der Waals surface area contributed by atoms with Crippen LogP contribution in [0.3, 0.4) is 0 Å². The Morgan fingerprint density at radius 3 is 2.40 bits per heavy atom. The van der Waals surface area contributed by atoms with E-state index in [4.69, 9.17) is 5.73 Å². The Hall–Kier alpha value is -1.59. The average Bonchev–Trinajstić information content (AvgIpc) is 2.10. The molecule has 0 bridgehead atoms. The quantitative estimate of drug-likeness (QED) is 0.317. The first-order valence-electron chi connectivity index (χ1n) is 2.46. The second-order valence-corrected chi connectivity index (χ2v) is 1.73. The van der Waals surface area contributed by atoms with Gasteiger partial charge < -0.3 is 11.1 Å². The van der Waals surface area contributed by atoms with Gasteiger partial charge >= 0.3 is 6.03 Å². The second-order valence-electron chi connectivity index (χ2n) is 1.73. The third-order valence-corrected chi connectivity index (χ3v) is 1.01. The molecule has 0 aromatic carbocycles. The summed E-state index contributed by atoms with van der Waals surface area (Å²) >= 11 is 0. The monoisotopic (exact) mass is 142 g/mol. The molecule has 6 heteroatoms. The molecular weight excluding hydrogens is 138 g/mol. The highest BCUT2D eigenvalue weighted by Gasteiger charge is 2.35. The fraction of sp³-hybridized carbons (Fsp3) is 0.250. The number of rotatable bonds is 1. The van der Waals surface area contributed by atoms with Gasteiger partial charge in [0.05, 0.1) is 0 Å². The van der Waals surface area contributed by atoms with E-state index in [1.54, 1.807) is 0 Å². The van der Waals surface area contributed by atoms with E-state index >= 15 is 0 Å². The van der Waals surface area contributed by atoms with E-state index in [-0.39, 0.29) is 0 Å². The summed E-state index contributed by atoms with van der Waals surface area (Å²) < 4.78 is 0. The van der Waals surface area contributed by atoms with Gasteiger partial charge in [-0.05, 0) is 0 Å². The second kappa shape index (κ2) is 1.98. The van der Waals surface area contributed by atoms with Crippen LogP contribution in [0.1, 0.15) is 0 Å². The standard InChI is InChI=1S/C4H4N3O3/c5-2(8)1-3(9)7-4(10)6-1/h1H,(H2,5,8)(H,6,10). The fourth-order valence-corrected chi connectivity index (χ4v) is 0.575. The molecule has 1 unspecified atom stereocenters. The Balaban J connectivity index is 2.72. The minimum atomic E-state index is -1.26. The van der Waals surface area contributed by atoms with Gasteiger partial charge in [0.25, 0.3) is 5.91 Å². The van der Waals surface area contributed by atoms with Crippen LogP contribution in [0.15, 0.2) is 0 Å². The molecule has 0 saturated carbocycles. The Morgan fingerprint density at radius 2 is 2.20 bits per heavy atom. The molecule has 1 saturated heterocycles. The van der Waals surface area contributed by atoms with E-state index in [1.807, 2.05) is 5.32 Å². The largest absolute Gasteiger partial charge is 0.367 e. The van der Waals surface area contributed by atoms with Gasteiger partial charge in [-0.25, -0.2) is 4.79 Å². The van der Waals surface area contributed by atoms with Gasteiger partial charge in [-0.1, -0.05) is 0 Å². The molecule has 1 fully saturated rings. The Morgan fingerprint density at radius 1 is 1.60 bits per heavy atom. The third-order valence-electron chi connectivity index (χ3n) is 1.01. The molecule has 0 spiro atoms. The summed E-state index contributed by atoms with van der Waals surface area (Å²) in [6.45, 7) is 0. The number of imide groups is 1. The lowest BCUT2D eigenvalue weighted by Crippen LogP contribution is -2.41. The van der Waals surface area contributed by atoms with Crippen LogP contribution in [-0.2, 0) is 9.59 Å². The van der Waals surface area contributed by atoms with Gasteiger partial charge in [0.15, 0.2) is 6.04 Å². The number of hydrogen-bond donors (Lipinski definition) is 2. The minimum absolute atomic E-state index is 0.811. The summed E-state index contributed by atoms with van der Waals surface area (Å²) in [4.78, 5) is 31.0. The summed E-state index contributed by atoms with van der Waals surface area (Å²) in [7, 11) is 0. The smallest absolute Gasteiger partial charge is 0.345 e. The molecule has 3 N–H and O–H groups in total. The molecule has 0 aromatic rings. The normalized spacial score (nSPS) is 23.8. The van der Waals surface area contributed by atoms with Gasteiger partial charge in [-0.15, -0.1) is 0 Å². The molecule has 1 aliphatic heterocycles. The summed E-state index contributed by atoms with van der Waals surface area (Å²) in [5.74, 6) is -1.71. The summed E-state index contributed by atoms with van der Waals surface area (Å²) in [6, 6.07) is -2.07. The van der Waals surface area contributed by atoms with Crippen LogP contribution in [0.25, 0.3) is 0 Å². The van der Waals surface area contributed by atoms with E-state index in [2.05, 4.69) is 5.32 Å². The molecule has 4 amide bonds. The highest BCUT2D eigenvalue weighted by atomic mass is 16.2. The number of nitrogens with one attached hydrogen (secondary N) is 1. The highest BCUT2D eigenvalue weighted by molar-refractivity contribution is 6.15. The van der Waals surface area contributed by atoms with Crippen LogP contribution in [0.5, 0.6) is 0 Å². The summed E-state index contributed by atoms with van der Waals surface area (Å²) in [6.07, 6.45) is 0. The number of carbonyl (C=O) groups excluding carboxylic acids is 3. The maximum Gasteiger partial charge on any atom is 0.345 e. The van der Waals surface area contributed by atoms with E-state index in [1.165, 1.54) is 0 Å². The molecule has 6 nitrogen and oxygen atoms in total. The zero-order chi connectivity index (χ0) is 7.72. The van der Waals surface area contributed by atoms with Crippen molar-refractivity contribution in [1.29, 1.82) is 0 Å². The fourth-order valence-electron chi connectivity index (χ4n) is 0.575. The number of urea groups is 1. The van der Waals surface area contributed by atoms with E-state index < -0.39 is 23.9 Å². The van der Waals surface area contributed by atoms with Gasteiger partial charge in [0.2, 0.25) is 5.91 Å². The first-order valence-corrected chi connectivity index (χ1v) is 2.46. The molecule has 0 aliphatic carbocycles. The number of amides is 4. The molecule has 1 radical (unpaired) electrons.